The Balaban J connectivity index is 3.09. The topological polar surface area (TPSA) is 0 Å². The number of halogens is 1. The molecule has 10 heavy (non-hydrogen) atoms. The fourth-order valence-electron chi connectivity index (χ4n) is 0.825. The van der Waals surface area contributed by atoms with E-state index < -0.39 is 0 Å². The highest BCUT2D eigenvalue weighted by molar-refractivity contribution is 7.79. The van der Waals surface area contributed by atoms with E-state index in [0.29, 0.717) is 11.3 Å². The van der Waals surface area contributed by atoms with Gasteiger partial charge in [0.05, 0.1) is 0 Å². The van der Waals surface area contributed by atoms with Gasteiger partial charge in [-0.05, 0) is 18.6 Å². The summed E-state index contributed by atoms with van der Waals surface area (Å²) in [6.45, 7) is 1.94. The van der Waals surface area contributed by atoms with E-state index in [0.717, 1.165) is 5.56 Å². The summed E-state index contributed by atoms with van der Waals surface area (Å²) < 4.78 is 12.7. The van der Waals surface area contributed by atoms with Gasteiger partial charge in [0.15, 0.2) is 0 Å². The van der Waals surface area contributed by atoms with Gasteiger partial charge in [-0.1, -0.05) is 17.7 Å². The first-order valence-electron chi connectivity index (χ1n) is 3.10. The summed E-state index contributed by atoms with van der Waals surface area (Å²) >= 11 is 3.99. The number of aryl methyl sites for hydroxylation is 1. The summed E-state index contributed by atoms with van der Waals surface area (Å²) in [4.78, 5) is 0. The molecule has 54 valence electrons. The lowest BCUT2D eigenvalue weighted by Gasteiger charge is -1.98. The highest BCUT2D eigenvalue weighted by atomic mass is 32.1. The van der Waals surface area contributed by atoms with Crippen molar-refractivity contribution < 1.29 is 4.39 Å². The molecule has 0 amide bonds. The van der Waals surface area contributed by atoms with Crippen LogP contribution in [0.3, 0.4) is 0 Å². The minimum atomic E-state index is -0.166. The molecule has 0 aliphatic carbocycles. The number of hydrogen-bond acceptors (Lipinski definition) is 1. The van der Waals surface area contributed by atoms with Crippen LogP contribution in [-0.2, 0) is 5.75 Å². The maximum Gasteiger partial charge on any atom is 0.127 e. The van der Waals surface area contributed by atoms with E-state index in [1.165, 1.54) is 6.07 Å². The summed E-state index contributed by atoms with van der Waals surface area (Å²) in [7, 11) is 0. The second-order valence-corrected chi connectivity index (χ2v) is 2.57. The Morgan fingerprint density at radius 2 is 2.20 bits per heavy atom. The van der Waals surface area contributed by atoms with Crippen LogP contribution in [0.1, 0.15) is 11.1 Å². The Labute approximate surface area is 65.5 Å². The predicted octanol–water partition coefficient (Wildman–Crippen LogP) is 2.56. The molecule has 0 aromatic heterocycles. The second-order valence-electron chi connectivity index (χ2n) is 2.25. The largest absolute Gasteiger partial charge is 0.207 e. The molecule has 0 unspecified atom stereocenters. The molecule has 0 bridgehead atoms. The van der Waals surface area contributed by atoms with Crippen molar-refractivity contribution >= 4 is 12.6 Å². The number of thiol groups is 1. The fraction of sp³-hybridized carbons (Fsp3) is 0.250. The summed E-state index contributed by atoms with van der Waals surface area (Å²) in [6, 6.07) is 5.03. The predicted molar refractivity (Wildman–Crippen MR) is 43.8 cm³/mol. The van der Waals surface area contributed by atoms with Gasteiger partial charge in [0.1, 0.15) is 5.82 Å². The maximum absolute atomic E-state index is 12.7. The minimum absolute atomic E-state index is 0.166. The first-order chi connectivity index (χ1) is 4.74. The van der Waals surface area contributed by atoms with E-state index in [-0.39, 0.29) is 5.82 Å². The average Bonchev–Trinajstić information content (AvgIpc) is 1.94. The lowest BCUT2D eigenvalue weighted by Crippen LogP contribution is -1.85. The van der Waals surface area contributed by atoms with Gasteiger partial charge >= 0.3 is 0 Å². The lowest BCUT2D eigenvalue weighted by molar-refractivity contribution is 0.617. The number of rotatable bonds is 1. The lowest BCUT2D eigenvalue weighted by atomic mass is 10.1. The standard InChI is InChI=1S/C8H9FS/c1-6-2-3-8(9)7(4-6)5-10/h2-4,10H,5H2,1H3. The molecule has 0 nitrogen and oxygen atoms in total. The summed E-state index contributed by atoms with van der Waals surface area (Å²) in [5.41, 5.74) is 1.74. The van der Waals surface area contributed by atoms with Crippen molar-refractivity contribution in [2.75, 3.05) is 0 Å². The normalized spacial score (nSPS) is 9.90. The number of hydrogen-bond donors (Lipinski definition) is 1. The highest BCUT2D eigenvalue weighted by Gasteiger charge is 1.97. The van der Waals surface area contributed by atoms with E-state index in [9.17, 15) is 4.39 Å². The van der Waals surface area contributed by atoms with Crippen LogP contribution in [0.2, 0.25) is 0 Å². The van der Waals surface area contributed by atoms with E-state index in [1.54, 1.807) is 6.07 Å². The Kier molecular flexibility index (Phi) is 2.33. The third kappa shape index (κ3) is 1.51. The monoisotopic (exact) mass is 156 g/mol. The molecule has 0 saturated heterocycles. The van der Waals surface area contributed by atoms with E-state index in [1.807, 2.05) is 13.0 Å². The average molecular weight is 156 g/mol. The van der Waals surface area contributed by atoms with Crippen molar-refractivity contribution in [3.8, 4) is 0 Å². The molecule has 0 spiro atoms. The Bertz CT molecular complexity index is 233. The van der Waals surface area contributed by atoms with E-state index in [2.05, 4.69) is 12.6 Å². The van der Waals surface area contributed by atoms with Crippen LogP contribution in [0, 0.1) is 12.7 Å². The van der Waals surface area contributed by atoms with Crippen LogP contribution in [0.5, 0.6) is 0 Å². The zero-order chi connectivity index (χ0) is 7.56. The van der Waals surface area contributed by atoms with Crippen LogP contribution in [0.25, 0.3) is 0 Å². The molecule has 1 rings (SSSR count). The van der Waals surface area contributed by atoms with Gasteiger partial charge in [-0.15, -0.1) is 0 Å². The zero-order valence-corrected chi connectivity index (χ0v) is 6.66. The molecule has 0 saturated carbocycles. The molecule has 0 heterocycles. The van der Waals surface area contributed by atoms with E-state index in [4.69, 9.17) is 0 Å². The van der Waals surface area contributed by atoms with Gasteiger partial charge in [-0.3, -0.25) is 0 Å². The molecule has 0 atom stereocenters. The summed E-state index contributed by atoms with van der Waals surface area (Å²) in [6.07, 6.45) is 0. The van der Waals surface area contributed by atoms with Crippen LogP contribution in [-0.4, -0.2) is 0 Å². The third-order valence-electron chi connectivity index (χ3n) is 1.37. The first-order valence-corrected chi connectivity index (χ1v) is 3.73. The fourth-order valence-corrected chi connectivity index (χ4v) is 1.07. The summed E-state index contributed by atoms with van der Waals surface area (Å²) in [5.74, 6) is 0.300. The molecule has 2 heteroatoms. The van der Waals surface area contributed by atoms with Crippen LogP contribution >= 0.6 is 12.6 Å². The third-order valence-corrected chi connectivity index (χ3v) is 1.71. The molecule has 0 radical (unpaired) electrons. The molecule has 1 aromatic rings. The first kappa shape index (κ1) is 7.61. The smallest absolute Gasteiger partial charge is 0.127 e. The molecule has 1 aromatic carbocycles. The van der Waals surface area contributed by atoms with Gasteiger partial charge in [-0.2, -0.15) is 12.6 Å². The van der Waals surface area contributed by atoms with E-state index >= 15 is 0 Å². The molecule has 0 aliphatic heterocycles. The second kappa shape index (κ2) is 3.06. The highest BCUT2D eigenvalue weighted by Crippen LogP contribution is 2.11. The quantitative estimate of drug-likeness (QED) is 0.593. The number of benzene rings is 1. The molecular formula is C8H9FS. The van der Waals surface area contributed by atoms with Crippen molar-refractivity contribution in [2.45, 2.75) is 12.7 Å². The SMILES string of the molecule is Cc1ccc(F)c(CS)c1. The van der Waals surface area contributed by atoms with Crippen molar-refractivity contribution in [1.29, 1.82) is 0 Å². The van der Waals surface area contributed by atoms with Crippen molar-refractivity contribution in [3.63, 3.8) is 0 Å². The van der Waals surface area contributed by atoms with Gasteiger partial charge in [0.2, 0.25) is 0 Å². The Morgan fingerprint density at radius 1 is 1.50 bits per heavy atom. The van der Waals surface area contributed by atoms with Crippen molar-refractivity contribution in [1.82, 2.24) is 0 Å². The molecular weight excluding hydrogens is 147 g/mol. The van der Waals surface area contributed by atoms with Gasteiger partial charge in [-0.25, -0.2) is 4.39 Å². The van der Waals surface area contributed by atoms with Crippen molar-refractivity contribution in [2.24, 2.45) is 0 Å². The Morgan fingerprint density at radius 3 is 2.70 bits per heavy atom. The minimum Gasteiger partial charge on any atom is -0.207 e. The molecule has 0 aliphatic rings. The van der Waals surface area contributed by atoms with Gasteiger partial charge in [0.25, 0.3) is 0 Å². The maximum atomic E-state index is 12.7. The molecule has 0 fully saturated rings. The van der Waals surface area contributed by atoms with Crippen LogP contribution < -0.4 is 0 Å². The van der Waals surface area contributed by atoms with Crippen molar-refractivity contribution in [3.05, 3.63) is 35.1 Å². The Hall–Kier alpha value is -0.500. The van der Waals surface area contributed by atoms with Gasteiger partial charge in [0, 0.05) is 5.75 Å². The molecule has 0 N–H and O–H groups in total. The van der Waals surface area contributed by atoms with Crippen LogP contribution in [0.4, 0.5) is 4.39 Å². The van der Waals surface area contributed by atoms with Crippen LogP contribution in [0.15, 0.2) is 18.2 Å². The van der Waals surface area contributed by atoms with Gasteiger partial charge < -0.3 is 0 Å². The zero-order valence-electron chi connectivity index (χ0n) is 5.76. The summed E-state index contributed by atoms with van der Waals surface area (Å²) in [5, 5.41) is 0.